The van der Waals surface area contributed by atoms with Gasteiger partial charge in [-0.3, -0.25) is 10.1 Å². The maximum atomic E-state index is 4.21. The molecule has 2 rings (SSSR count). The Bertz CT molecular complexity index is 369. The van der Waals surface area contributed by atoms with E-state index in [0.717, 1.165) is 15.0 Å². The maximum absolute atomic E-state index is 4.21. The highest BCUT2D eigenvalue weighted by atomic mass is 127. The van der Waals surface area contributed by atoms with E-state index in [1.54, 1.807) is 12.4 Å². The van der Waals surface area contributed by atoms with E-state index in [0.29, 0.717) is 0 Å². The Hall–Kier alpha value is -0.910. The molecule has 0 unspecified atom stereocenters. The fourth-order valence-corrected chi connectivity index (χ4v) is 1.50. The first-order valence-corrected chi connectivity index (χ1v) is 4.56. The summed E-state index contributed by atoms with van der Waals surface area (Å²) in [7, 11) is 0. The molecule has 0 aliphatic carbocycles. The van der Waals surface area contributed by atoms with Gasteiger partial charge in [0.25, 0.3) is 0 Å². The Kier molecular flexibility index (Phi) is 2.07. The molecule has 0 atom stereocenters. The Morgan fingerprint density at radius 1 is 1.33 bits per heavy atom. The molecule has 0 aromatic carbocycles. The molecular weight excluding hydrogens is 265 g/mol. The lowest BCUT2D eigenvalue weighted by atomic mass is 10.3. The van der Waals surface area contributed by atoms with Gasteiger partial charge < -0.3 is 0 Å². The fourth-order valence-electron chi connectivity index (χ4n) is 0.962. The van der Waals surface area contributed by atoms with Crippen molar-refractivity contribution in [3.8, 4) is 11.4 Å². The first-order valence-electron chi connectivity index (χ1n) is 3.48. The van der Waals surface area contributed by atoms with Crippen molar-refractivity contribution in [2.75, 3.05) is 0 Å². The smallest absolute Gasteiger partial charge is 0.0967 e. The van der Waals surface area contributed by atoms with Crippen LogP contribution in [0.15, 0.2) is 30.6 Å². The monoisotopic (exact) mass is 271 g/mol. The number of H-pyrrole nitrogens is 1. The summed E-state index contributed by atoms with van der Waals surface area (Å²) in [5.41, 5.74) is 1.91. The molecule has 0 spiro atoms. The molecule has 0 saturated carbocycles. The Balaban J connectivity index is 2.51. The van der Waals surface area contributed by atoms with Crippen LogP contribution in [-0.4, -0.2) is 15.2 Å². The highest BCUT2D eigenvalue weighted by molar-refractivity contribution is 14.1. The minimum atomic E-state index is 0.930. The lowest BCUT2D eigenvalue weighted by molar-refractivity contribution is 1.09. The first-order chi connectivity index (χ1) is 5.88. The standard InChI is InChI=1S/C8H6IN3/c9-6-5-11-12-8(6)7-3-1-2-4-10-7/h1-5H,(H,11,12). The van der Waals surface area contributed by atoms with E-state index in [4.69, 9.17) is 0 Å². The molecule has 4 heteroatoms. The number of aromatic amines is 1. The van der Waals surface area contributed by atoms with E-state index in [1.165, 1.54) is 0 Å². The second-order valence-corrected chi connectivity index (χ2v) is 3.47. The average Bonchev–Trinajstić information content (AvgIpc) is 2.53. The van der Waals surface area contributed by atoms with Gasteiger partial charge in [-0.1, -0.05) is 6.07 Å². The van der Waals surface area contributed by atoms with Crippen molar-refractivity contribution in [3.63, 3.8) is 0 Å². The van der Waals surface area contributed by atoms with Gasteiger partial charge in [-0.15, -0.1) is 0 Å². The number of nitrogens with one attached hydrogen (secondary N) is 1. The van der Waals surface area contributed by atoms with E-state index in [1.807, 2.05) is 18.2 Å². The van der Waals surface area contributed by atoms with Crippen LogP contribution in [-0.2, 0) is 0 Å². The van der Waals surface area contributed by atoms with Gasteiger partial charge in [-0.05, 0) is 34.7 Å². The van der Waals surface area contributed by atoms with Crippen LogP contribution in [0, 0.1) is 3.57 Å². The zero-order valence-electron chi connectivity index (χ0n) is 6.16. The Morgan fingerprint density at radius 2 is 2.25 bits per heavy atom. The molecule has 0 aliphatic heterocycles. The molecule has 0 saturated heterocycles. The van der Waals surface area contributed by atoms with Gasteiger partial charge in [0, 0.05) is 6.20 Å². The molecule has 1 N–H and O–H groups in total. The van der Waals surface area contributed by atoms with Crippen LogP contribution in [0.4, 0.5) is 0 Å². The second-order valence-electron chi connectivity index (χ2n) is 2.31. The zero-order valence-corrected chi connectivity index (χ0v) is 8.32. The van der Waals surface area contributed by atoms with Gasteiger partial charge in [-0.2, -0.15) is 5.10 Å². The summed E-state index contributed by atoms with van der Waals surface area (Å²) in [6.45, 7) is 0. The minimum Gasteiger partial charge on any atom is -0.275 e. The van der Waals surface area contributed by atoms with Crippen LogP contribution in [0.3, 0.4) is 0 Å². The molecule has 0 amide bonds. The van der Waals surface area contributed by atoms with E-state index in [9.17, 15) is 0 Å². The van der Waals surface area contributed by atoms with Gasteiger partial charge in [-0.25, -0.2) is 0 Å². The summed E-state index contributed by atoms with van der Waals surface area (Å²) < 4.78 is 1.09. The summed E-state index contributed by atoms with van der Waals surface area (Å²) in [6.07, 6.45) is 3.55. The van der Waals surface area contributed by atoms with Crippen LogP contribution in [0.1, 0.15) is 0 Å². The van der Waals surface area contributed by atoms with E-state index in [2.05, 4.69) is 37.8 Å². The van der Waals surface area contributed by atoms with E-state index >= 15 is 0 Å². The summed E-state index contributed by atoms with van der Waals surface area (Å²) >= 11 is 2.23. The van der Waals surface area contributed by atoms with Gasteiger partial charge in [0.1, 0.15) is 0 Å². The predicted molar refractivity (Wildman–Crippen MR) is 54.5 cm³/mol. The quantitative estimate of drug-likeness (QED) is 0.807. The molecule has 2 aromatic rings. The van der Waals surface area contributed by atoms with Crippen molar-refractivity contribution < 1.29 is 0 Å². The SMILES string of the molecule is Ic1cn[nH]c1-c1ccccn1. The van der Waals surface area contributed by atoms with Crippen LogP contribution in [0.2, 0.25) is 0 Å². The van der Waals surface area contributed by atoms with E-state index in [-0.39, 0.29) is 0 Å². The minimum absolute atomic E-state index is 0.930. The molecular formula is C8H6IN3. The molecule has 3 nitrogen and oxygen atoms in total. The molecule has 2 heterocycles. The third kappa shape index (κ3) is 1.34. The van der Waals surface area contributed by atoms with Crippen molar-refractivity contribution in [2.45, 2.75) is 0 Å². The molecule has 0 aliphatic rings. The molecule has 0 radical (unpaired) electrons. The number of rotatable bonds is 1. The van der Waals surface area contributed by atoms with Gasteiger partial charge in [0.05, 0.1) is 21.2 Å². The number of hydrogen-bond donors (Lipinski definition) is 1. The Labute approximate surface area is 83.4 Å². The van der Waals surface area contributed by atoms with Crippen LogP contribution >= 0.6 is 22.6 Å². The summed E-state index contributed by atoms with van der Waals surface area (Å²) in [6, 6.07) is 5.81. The zero-order chi connectivity index (χ0) is 8.39. The van der Waals surface area contributed by atoms with Gasteiger partial charge in [0.2, 0.25) is 0 Å². The number of nitrogens with zero attached hydrogens (tertiary/aromatic N) is 2. The topological polar surface area (TPSA) is 41.6 Å². The predicted octanol–water partition coefficient (Wildman–Crippen LogP) is 2.08. The molecule has 2 aromatic heterocycles. The largest absolute Gasteiger partial charge is 0.275 e. The van der Waals surface area contributed by atoms with Crippen LogP contribution < -0.4 is 0 Å². The summed E-state index contributed by atoms with van der Waals surface area (Å²) in [5.74, 6) is 0. The fraction of sp³-hybridized carbons (Fsp3) is 0. The molecule has 0 fully saturated rings. The van der Waals surface area contributed by atoms with Crippen molar-refractivity contribution in [3.05, 3.63) is 34.2 Å². The summed E-state index contributed by atoms with van der Waals surface area (Å²) in [5, 5.41) is 6.83. The van der Waals surface area contributed by atoms with Crippen molar-refractivity contribution in [2.24, 2.45) is 0 Å². The first kappa shape index (κ1) is 7.72. The normalized spacial score (nSPS) is 10.1. The average molecular weight is 271 g/mol. The van der Waals surface area contributed by atoms with Crippen molar-refractivity contribution in [1.82, 2.24) is 15.2 Å². The molecule has 12 heavy (non-hydrogen) atoms. The number of pyridine rings is 1. The molecule has 0 bridgehead atoms. The highest BCUT2D eigenvalue weighted by Gasteiger charge is 2.03. The van der Waals surface area contributed by atoms with Crippen molar-refractivity contribution >= 4 is 22.6 Å². The van der Waals surface area contributed by atoms with E-state index < -0.39 is 0 Å². The van der Waals surface area contributed by atoms with Gasteiger partial charge in [0.15, 0.2) is 0 Å². The van der Waals surface area contributed by atoms with Crippen LogP contribution in [0.5, 0.6) is 0 Å². The van der Waals surface area contributed by atoms with Crippen molar-refractivity contribution in [1.29, 1.82) is 0 Å². The molecule has 60 valence electrons. The lowest BCUT2D eigenvalue weighted by Gasteiger charge is -1.94. The summed E-state index contributed by atoms with van der Waals surface area (Å²) in [4.78, 5) is 4.21. The van der Waals surface area contributed by atoms with Gasteiger partial charge >= 0.3 is 0 Å². The number of halogens is 1. The lowest BCUT2D eigenvalue weighted by Crippen LogP contribution is -1.83. The Morgan fingerprint density at radius 3 is 2.83 bits per heavy atom. The highest BCUT2D eigenvalue weighted by Crippen LogP contribution is 2.19. The third-order valence-corrected chi connectivity index (χ3v) is 2.33. The number of hydrogen-bond acceptors (Lipinski definition) is 2. The third-order valence-electron chi connectivity index (χ3n) is 1.51. The number of aromatic nitrogens is 3. The second kappa shape index (κ2) is 3.22. The maximum Gasteiger partial charge on any atom is 0.0967 e. The van der Waals surface area contributed by atoms with Crippen LogP contribution in [0.25, 0.3) is 11.4 Å².